The molecular formula is C25H34N4O3. The third-order valence-corrected chi connectivity index (χ3v) is 6.24. The van der Waals surface area contributed by atoms with Gasteiger partial charge < -0.3 is 24.4 Å². The number of carbonyl (C=O) groups is 1. The quantitative estimate of drug-likeness (QED) is 0.546. The highest BCUT2D eigenvalue weighted by Gasteiger charge is 2.33. The zero-order valence-electron chi connectivity index (χ0n) is 20.0. The molecule has 0 aliphatic carbocycles. The van der Waals surface area contributed by atoms with Crippen molar-refractivity contribution in [2.45, 2.75) is 59.6 Å². The largest absolute Gasteiger partial charge is 0.469 e. The maximum absolute atomic E-state index is 12.9. The molecule has 1 aromatic heterocycles. The molecule has 1 aromatic rings. The first kappa shape index (κ1) is 23.8. The average molecular weight is 439 g/mol. The summed E-state index contributed by atoms with van der Waals surface area (Å²) in [5, 5.41) is 18.6. The Morgan fingerprint density at radius 1 is 1.34 bits per heavy atom. The molecule has 3 heterocycles. The van der Waals surface area contributed by atoms with Gasteiger partial charge in [-0.1, -0.05) is 13.8 Å². The standard InChI is InChI=1S/C25H34N4O3/c1-16(2)23(27)22-15-32-25(5,6)11-21(22)19(12-26)14-28-8-9-29(17(3)13-28)24(30)20-7-10-31-18(20)4/h7,10,14,16-17,27H,8-9,11,13,15H2,1-6H3/b19-14+,27-23?/t17-/m1/s1. The first-order valence-electron chi connectivity index (χ1n) is 11.2. The lowest BCUT2D eigenvalue weighted by atomic mass is 9.84. The van der Waals surface area contributed by atoms with Gasteiger partial charge in [0.25, 0.3) is 5.91 Å². The Morgan fingerprint density at radius 3 is 2.62 bits per heavy atom. The molecule has 0 bridgehead atoms. The van der Waals surface area contributed by atoms with Gasteiger partial charge in [0.1, 0.15) is 11.8 Å². The second kappa shape index (κ2) is 9.33. The molecule has 0 saturated carbocycles. The molecule has 7 heteroatoms. The molecule has 1 N–H and O–H groups in total. The summed E-state index contributed by atoms with van der Waals surface area (Å²) < 4.78 is 11.3. The van der Waals surface area contributed by atoms with Crippen molar-refractivity contribution in [3.05, 3.63) is 46.6 Å². The predicted octanol–water partition coefficient (Wildman–Crippen LogP) is 4.31. The number of ether oxygens (including phenoxy) is 1. The van der Waals surface area contributed by atoms with Crippen LogP contribution < -0.4 is 0 Å². The van der Waals surface area contributed by atoms with Crippen LogP contribution in [0.2, 0.25) is 0 Å². The van der Waals surface area contributed by atoms with E-state index in [1.165, 1.54) is 0 Å². The van der Waals surface area contributed by atoms with Crippen LogP contribution in [0.1, 0.15) is 57.2 Å². The van der Waals surface area contributed by atoms with Gasteiger partial charge in [-0.05, 0) is 45.3 Å². The Labute approximate surface area is 190 Å². The third kappa shape index (κ3) is 4.97. The molecule has 172 valence electrons. The van der Waals surface area contributed by atoms with Crippen LogP contribution in [0, 0.1) is 29.6 Å². The summed E-state index contributed by atoms with van der Waals surface area (Å²) in [5.41, 5.74) is 3.06. The lowest BCUT2D eigenvalue weighted by Gasteiger charge is -2.40. The molecule has 2 aliphatic rings. The SMILES string of the molecule is Cc1occc1C(=O)N1CCN(/C=C(\C#N)C2=C(C(=N)C(C)C)COC(C)(C)C2)C[C@H]1C. The van der Waals surface area contributed by atoms with E-state index in [-0.39, 0.29) is 23.5 Å². The summed E-state index contributed by atoms with van der Waals surface area (Å²) in [5.74, 6) is 0.672. The highest BCUT2D eigenvalue weighted by molar-refractivity contribution is 6.01. The van der Waals surface area contributed by atoms with Crippen LogP contribution in [0.3, 0.4) is 0 Å². The van der Waals surface area contributed by atoms with E-state index in [1.807, 2.05) is 45.7 Å². The van der Waals surface area contributed by atoms with E-state index in [0.717, 1.165) is 11.1 Å². The summed E-state index contributed by atoms with van der Waals surface area (Å²) in [6.07, 6.45) is 4.04. The summed E-state index contributed by atoms with van der Waals surface area (Å²) in [4.78, 5) is 16.9. The van der Waals surface area contributed by atoms with Crippen LogP contribution >= 0.6 is 0 Å². The molecule has 0 unspecified atom stereocenters. The van der Waals surface area contributed by atoms with E-state index in [4.69, 9.17) is 14.6 Å². The van der Waals surface area contributed by atoms with E-state index in [9.17, 15) is 10.1 Å². The van der Waals surface area contributed by atoms with Gasteiger partial charge in [0.05, 0.1) is 29.6 Å². The van der Waals surface area contributed by atoms with E-state index in [2.05, 4.69) is 11.0 Å². The van der Waals surface area contributed by atoms with Gasteiger partial charge >= 0.3 is 0 Å². The average Bonchev–Trinajstić information content (AvgIpc) is 3.16. The lowest BCUT2D eigenvalue weighted by molar-refractivity contribution is -0.0115. The topological polar surface area (TPSA) is 93.6 Å². The van der Waals surface area contributed by atoms with Crippen molar-refractivity contribution >= 4 is 11.6 Å². The number of carbonyl (C=O) groups excluding carboxylic acids is 1. The Kier molecular flexibility index (Phi) is 6.94. The molecule has 1 amide bonds. The van der Waals surface area contributed by atoms with Gasteiger partial charge in [-0.15, -0.1) is 0 Å². The van der Waals surface area contributed by atoms with Crippen LogP contribution in [0.5, 0.6) is 0 Å². The number of allylic oxidation sites excluding steroid dienone is 1. The van der Waals surface area contributed by atoms with Gasteiger partial charge in [0.2, 0.25) is 0 Å². The van der Waals surface area contributed by atoms with E-state index in [0.29, 0.717) is 55.3 Å². The molecule has 0 aromatic carbocycles. The fourth-order valence-electron chi connectivity index (χ4n) is 4.31. The Balaban J connectivity index is 1.83. The van der Waals surface area contributed by atoms with Crippen molar-refractivity contribution < 1.29 is 13.9 Å². The van der Waals surface area contributed by atoms with E-state index in [1.54, 1.807) is 19.3 Å². The molecule has 1 saturated heterocycles. The van der Waals surface area contributed by atoms with Crippen molar-refractivity contribution in [1.82, 2.24) is 9.80 Å². The Hall–Kier alpha value is -2.85. The normalized spacial score (nSPS) is 21.7. The number of nitrogens with one attached hydrogen (secondary N) is 1. The number of rotatable bonds is 5. The number of piperazine rings is 1. The van der Waals surface area contributed by atoms with Crippen molar-refractivity contribution in [3.63, 3.8) is 0 Å². The fraction of sp³-hybridized carbons (Fsp3) is 0.560. The Morgan fingerprint density at radius 2 is 2.06 bits per heavy atom. The minimum absolute atomic E-state index is 0.00437. The zero-order valence-corrected chi connectivity index (χ0v) is 20.0. The minimum atomic E-state index is -0.382. The molecule has 1 fully saturated rings. The summed E-state index contributed by atoms with van der Waals surface area (Å²) in [6, 6.07) is 4.09. The molecule has 7 nitrogen and oxygen atoms in total. The number of furan rings is 1. The van der Waals surface area contributed by atoms with Crippen LogP contribution in [-0.4, -0.2) is 59.3 Å². The highest BCUT2D eigenvalue weighted by atomic mass is 16.5. The number of aryl methyl sites for hydroxylation is 1. The maximum atomic E-state index is 12.9. The third-order valence-electron chi connectivity index (χ3n) is 6.24. The zero-order chi connectivity index (χ0) is 23.6. The maximum Gasteiger partial charge on any atom is 0.257 e. The molecule has 1 atom stereocenters. The number of nitrogens with zero attached hydrogens (tertiary/aromatic N) is 3. The molecule has 2 aliphatic heterocycles. The molecule has 32 heavy (non-hydrogen) atoms. The van der Waals surface area contributed by atoms with Crippen LogP contribution in [0.4, 0.5) is 0 Å². The minimum Gasteiger partial charge on any atom is -0.469 e. The predicted molar refractivity (Wildman–Crippen MR) is 123 cm³/mol. The van der Waals surface area contributed by atoms with Crippen LogP contribution in [-0.2, 0) is 4.74 Å². The van der Waals surface area contributed by atoms with Gasteiger partial charge in [0.15, 0.2) is 0 Å². The van der Waals surface area contributed by atoms with E-state index < -0.39 is 0 Å². The monoisotopic (exact) mass is 438 g/mol. The molecule has 3 rings (SSSR count). The summed E-state index contributed by atoms with van der Waals surface area (Å²) >= 11 is 0. The van der Waals surface area contributed by atoms with Crippen molar-refractivity contribution in [1.29, 1.82) is 10.7 Å². The first-order valence-corrected chi connectivity index (χ1v) is 11.2. The van der Waals surface area contributed by atoms with Gasteiger partial charge in [-0.25, -0.2) is 0 Å². The van der Waals surface area contributed by atoms with Crippen molar-refractivity contribution in [2.75, 3.05) is 26.2 Å². The van der Waals surface area contributed by atoms with Gasteiger partial charge in [-0.3, -0.25) is 4.79 Å². The number of nitriles is 1. The second-order valence-electron chi connectivity index (χ2n) is 9.64. The molecular weight excluding hydrogens is 404 g/mol. The van der Waals surface area contributed by atoms with Gasteiger partial charge in [-0.2, -0.15) is 5.26 Å². The van der Waals surface area contributed by atoms with Gasteiger partial charge in [0, 0.05) is 49.6 Å². The van der Waals surface area contributed by atoms with Crippen molar-refractivity contribution in [2.24, 2.45) is 5.92 Å². The lowest BCUT2D eigenvalue weighted by Crippen LogP contribution is -2.52. The fourth-order valence-corrected chi connectivity index (χ4v) is 4.31. The first-order chi connectivity index (χ1) is 15.0. The van der Waals surface area contributed by atoms with Crippen LogP contribution in [0.25, 0.3) is 0 Å². The van der Waals surface area contributed by atoms with Crippen molar-refractivity contribution in [3.8, 4) is 6.07 Å². The molecule has 0 spiro atoms. The number of hydrogen-bond acceptors (Lipinski definition) is 6. The highest BCUT2D eigenvalue weighted by Crippen LogP contribution is 2.34. The number of hydrogen-bond donors (Lipinski definition) is 1. The number of amides is 1. The Bertz CT molecular complexity index is 993. The van der Waals surface area contributed by atoms with Crippen LogP contribution in [0.15, 0.2) is 39.7 Å². The van der Waals surface area contributed by atoms with E-state index >= 15 is 0 Å². The smallest absolute Gasteiger partial charge is 0.257 e. The summed E-state index contributed by atoms with van der Waals surface area (Å²) in [6.45, 7) is 14.0. The summed E-state index contributed by atoms with van der Waals surface area (Å²) in [7, 11) is 0. The second-order valence-corrected chi connectivity index (χ2v) is 9.64. The molecule has 0 radical (unpaired) electrons.